The molecular formula is C36H41FN2O6. The van der Waals surface area contributed by atoms with Crippen LogP contribution in [0.15, 0.2) is 97.1 Å². The topological polar surface area (TPSA) is 111 Å². The lowest BCUT2D eigenvalue weighted by Crippen LogP contribution is -2.47. The first-order chi connectivity index (χ1) is 21.6. The first-order valence-electron chi connectivity index (χ1n) is 15.1. The Morgan fingerprint density at radius 3 is 1.98 bits per heavy atom. The van der Waals surface area contributed by atoms with E-state index in [4.69, 9.17) is 9.47 Å². The molecule has 0 aliphatic carbocycles. The number of hydrogen-bond acceptors (Lipinski definition) is 6. The van der Waals surface area contributed by atoms with Crippen LogP contribution in [0.1, 0.15) is 43.9 Å². The highest BCUT2D eigenvalue weighted by Gasteiger charge is 2.31. The van der Waals surface area contributed by atoms with Crippen LogP contribution in [-0.4, -0.2) is 42.4 Å². The predicted molar refractivity (Wildman–Crippen MR) is 169 cm³/mol. The molecule has 0 fully saturated rings. The highest BCUT2D eigenvalue weighted by atomic mass is 19.1. The summed E-state index contributed by atoms with van der Waals surface area (Å²) in [7, 11) is 0. The summed E-state index contributed by atoms with van der Waals surface area (Å²) in [5.41, 5.74) is 2.40. The highest BCUT2D eigenvalue weighted by molar-refractivity contribution is 5.92. The highest BCUT2D eigenvalue weighted by Crippen LogP contribution is 2.19. The van der Waals surface area contributed by atoms with Crippen LogP contribution >= 0.6 is 0 Å². The van der Waals surface area contributed by atoms with Crippen molar-refractivity contribution in [2.75, 3.05) is 6.61 Å². The van der Waals surface area contributed by atoms with Crippen molar-refractivity contribution in [3.05, 3.63) is 120 Å². The molecular weight excluding hydrogens is 575 g/mol. The minimum atomic E-state index is -0.902. The Labute approximate surface area is 264 Å². The molecule has 0 heterocycles. The Kier molecular flexibility index (Phi) is 14.0. The number of alkyl carbamates (subject to hydrolysis) is 1. The summed E-state index contributed by atoms with van der Waals surface area (Å²) in [6, 6.07) is 22.9. The van der Waals surface area contributed by atoms with E-state index in [0.29, 0.717) is 12.0 Å². The van der Waals surface area contributed by atoms with Gasteiger partial charge in [-0.2, -0.15) is 0 Å². The maximum absolute atomic E-state index is 13.8. The number of nitrogens with one attached hydrogen (secondary N) is 2. The normalized spacial score (nSPS) is 13.1. The lowest BCUT2D eigenvalue weighted by Gasteiger charge is -2.25. The fourth-order valence-corrected chi connectivity index (χ4v) is 4.76. The molecule has 2 N–H and O–H groups in total. The van der Waals surface area contributed by atoms with Crippen LogP contribution in [-0.2, 0) is 43.3 Å². The Balaban J connectivity index is 1.78. The molecule has 0 bridgehead atoms. The van der Waals surface area contributed by atoms with Crippen LogP contribution in [0.3, 0.4) is 0 Å². The fraction of sp³-hybridized carbons (Fsp3) is 0.333. The number of Topliss-reactive ketones (excluding diaryl/α,β-unsaturated/α-hetero) is 1. The van der Waals surface area contributed by atoms with Crippen LogP contribution in [0.5, 0.6) is 0 Å². The summed E-state index contributed by atoms with van der Waals surface area (Å²) in [6.07, 6.45) is 2.46. The smallest absolute Gasteiger partial charge is 0.408 e. The molecule has 0 unspecified atom stereocenters. The van der Waals surface area contributed by atoms with E-state index in [0.717, 1.165) is 11.1 Å². The summed E-state index contributed by atoms with van der Waals surface area (Å²) in [5, 5.41) is 5.64. The number of carbonyl (C=O) groups is 4. The van der Waals surface area contributed by atoms with Crippen molar-refractivity contribution in [3.63, 3.8) is 0 Å². The predicted octanol–water partition coefficient (Wildman–Crippen LogP) is 5.74. The summed E-state index contributed by atoms with van der Waals surface area (Å²) < 4.78 is 24.0. The number of esters is 1. The maximum Gasteiger partial charge on any atom is 0.408 e. The molecule has 3 aromatic carbocycles. The number of hydrogen-bond donors (Lipinski definition) is 2. The van der Waals surface area contributed by atoms with E-state index in [2.05, 4.69) is 10.6 Å². The summed E-state index contributed by atoms with van der Waals surface area (Å²) in [6.45, 7) is 5.56. The SMILES string of the molecule is CCOC(=O)/C=C/[C@H](Cc1ccccc1)NC(=O)[C@@H](CC(=O)[C@@H](NC(=O)OCc1ccccc1)C(C)C)Cc1ccc(F)cc1. The third kappa shape index (κ3) is 12.4. The Morgan fingerprint density at radius 1 is 0.778 bits per heavy atom. The lowest BCUT2D eigenvalue weighted by atomic mass is 9.88. The Hall–Kier alpha value is -4.79. The van der Waals surface area contributed by atoms with Crippen molar-refractivity contribution in [1.29, 1.82) is 0 Å². The molecule has 3 atom stereocenters. The van der Waals surface area contributed by atoms with Gasteiger partial charge in [-0.3, -0.25) is 9.59 Å². The van der Waals surface area contributed by atoms with Crippen LogP contribution in [0, 0.1) is 17.7 Å². The van der Waals surface area contributed by atoms with Gasteiger partial charge >= 0.3 is 12.1 Å². The van der Waals surface area contributed by atoms with E-state index >= 15 is 0 Å². The van der Waals surface area contributed by atoms with Crippen LogP contribution in [0.4, 0.5) is 9.18 Å². The zero-order chi connectivity index (χ0) is 32.6. The Bertz CT molecular complexity index is 1410. The molecule has 3 rings (SSSR count). The van der Waals surface area contributed by atoms with Crippen LogP contribution < -0.4 is 10.6 Å². The lowest BCUT2D eigenvalue weighted by molar-refractivity contribution is -0.137. The number of rotatable bonds is 16. The molecule has 3 aromatic rings. The molecule has 0 saturated carbocycles. The quantitative estimate of drug-likeness (QED) is 0.157. The van der Waals surface area contributed by atoms with Crippen molar-refractivity contribution in [1.82, 2.24) is 10.6 Å². The van der Waals surface area contributed by atoms with E-state index in [1.54, 1.807) is 39.0 Å². The Morgan fingerprint density at radius 2 is 1.38 bits per heavy atom. The van der Waals surface area contributed by atoms with Gasteiger partial charge in [-0.25, -0.2) is 14.0 Å². The molecule has 0 spiro atoms. The van der Waals surface area contributed by atoms with E-state index in [1.165, 1.54) is 18.2 Å². The van der Waals surface area contributed by atoms with Crippen molar-refractivity contribution in [3.8, 4) is 0 Å². The van der Waals surface area contributed by atoms with Gasteiger partial charge in [0.1, 0.15) is 12.4 Å². The summed E-state index contributed by atoms with van der Waals surface area (Å²) in [5.74, 6) is -2.84. The molecule has 0 radical (unpaired) electrons. The molecule has 0 saturated heterocycles. The second-order valence-electron chi connectivity index (χ2n) is 11.0. The first-order valence-corrected chi connectivity index (χ1v) is 15.1. The van der Waals surface area contributed by atoms with Gasteiger partial charge in [-0.05, 0) is 54.5 Å². The van der Waals surface area contributed by atoms with Crippen molar-refractivity contribution >= 4 is 23.8 Å². The van der Waals surface area contributed by atoms with Gasteiger partial charge in [0.05, 0.1) is 18.7 Å². The number of halogens is 1. The average molecular weight is 617 g/mol. The monoisotopic (exact) mass is 616 g/mol. The molecule has 238 valence electrons. The molecule has 0 aliphatic rings. The molecule has 45 heavy (non-hydrogen) atoms. The molecule has 0 aliphatic heterocycles. The van der Waals surface area contributed by atoms with Crippen molar-refractivity contribution in [2.24, 2.45) is 11.8 Å². The number of ether oxygens (including phenoxy) is 2. The standard InChI is InChI=1S/C36H41FN2O6/c1-4-44-33(41)20-19-31(22-26-11-7-5-8-12-26)38-35(42)29(21-27-15-17-30(37)18-16-27)23-32(40)34(25(2)3)39-36(43)45-24-28-13-9-6-10-14-28/h5-20,25,29,31,34H,4,21-24H2,1-3H3,(H,38,42)(H,39,43)/b20-19+/t29-,31-,34+/m1/s1. The van der Waals surface area contributed by atoms with Gasteiger partial charge in [0, 0.05) is 18.4 Å². The van der Waals surface area contributed by atoms with Gasteiger partial charge in [-0.1, -0.05) is 92.7 Å². The maximum atomic E-state index is 13.8. The van der Waals surface area contributed by atoms with E-state index < -0.39 is 41.8 Å². The zero-order valence-electron chi connectivity index (χ0n) is 25.9. The molecule has 0 aromatic heterocycles. The molecule has 9 heteroatoms. The van der Waals surface area contributed by atoms with E-state index in [1.807, 2.05) is 60.7 Å². The van der Waals surface area contributed by atoms with Crippen molar-refractivity contribution < 1.29 is 33.0 Å². The average Bonchev–Trinajstić information content (AvgIpc) is 3.03. The zero-order valence-corrected chi connectivity index (χ0v) is 25.9. The molecule has 8 nitrogen and oxygen atoms in total. The minimum absolute atomic E-state index is 0.0450. The minimum Gasteiger partial charge on any atom is -0.463 e. The van der Waals surface area contributed by atoms with Gasteiger partial charge in [-0.15, -0.1) is 0 Å². The van der Waals surface area contributed by atoms with E-state index in [-0.39, 0.29) is 37.8 Å². The number of benzene rings is 3. The van der Waals surface area contributed by atoms with Gasteiger partial charge in [0.2, 0.25) is 5.91 Å². The van der Waals surface area contributed by atoms with Crippen molar-refractivity contribution in [2.45, 2.75) is 58.7 Å². The third-order valence-electron chi connectivity index (χ3n) is 7.09. The largest absolute Gasteiger partial charge is 0.463 e. The van der Waals surface area contributed by atoms with Crippen LogP contribution in [0.2, 0.25) is 0 Å². The van der Waals surface area contributed by atoms with Gasteiger partial charge in [0.15, 0.2) is 5.78 Å². The van der Waals surface area contributed by atoms with Crippen LogP contribution in [0.25, 0.3) is 0 Å². The second-order valence-corrected chi connectivity index (χ2v) is 11.0. The van der Waals surface area contributed by atoms with Gasteiger partial charge in [0.25, 0.3) is 0 Å². The fourth-order valence-electron chi connectivity index (χ4n) is 4.76. The number of ketones is 1. The number of carbonyl (C=O) groups excluding carboxylic acids is 4. The summed E-state index contributed by atoms with van der Waals surface area (Å²) >= 11 is 0. The van der Waals surface area contributed by atoms with Gasteiger partial charge < -0.3 is 20.1 Å². The molecule has 2 amide bonds. The second kappa shape index (κ2) is 18.1. The third-order valence-corrected chi connectivity index (χ3v) is 7.09. The van der Waals surface area contributed by atoms with E-state index in [9.17, 15) is 23.6 Å². The summed E-state index contributed by atoms with van der Waals surface area (Å²) in [4.78, 5) is 52.1. The number of amides is 2. The first kappa shape index (κ1) is 34.7.